The van der Waals surface area contributed by atoms with Crippen molar-refractivity contribution in [1.29, 1.82) is 0 Å². The molecule has 0 bridgehead atoms. The maximum Gasteiger partial charge on any atom is 0.335 e. The number of aryl methyl sites for hydroxylation is 1. The van der Waals surface area contributed by atoms with E-state index in [1.807, 2.05) is 0 Å². The molecule has 6 nitrogen and oxygen atoms in total. The molecule has 0 aromatic heterocycles. The second kappa shape index (κ2) is 5.44. The Labute approximate surface area is 125 Å². The van der Waals surface area contributed by atoms with Crippen LogP contribution in [0, 0.1) is 6.92 Å². The Bertz CT molecular complexity index is 658. The van der Waals surface area contributed by atoms with E-state index in [-0.39, 0.29) is 23.5 Å². The van der Waals surface area contributed by atoms with Gasteiger partial charge in [-0.15, -0.1) is 0 Å². The minimum Gasteiger partial charge on any atom is -0.478 e. The fraction of sp³-hybridized carbons (Fsp3) is 0.417. The lowest BCUT2D eigenvalue weighted by Crippen LogP contribution is -2.30. The SMILES string of the molecule is Cc1cc(C(=O)O)cc(S(=O)(=O)N2CC[C@H](O)C2)c1Br. The van der Waals surface area contributed by atoms with Crippen LogP contribution in [0.1, 0.15) is 22.3 Å². The lowest BCUT2D eigenvalue weighted by molar-refractivity contribution is 0.0696. The van der Waals surface area contributed by atoms with Crippen molar-refractivity contribution in [3.05, 3.63) is 27.7 Å². The summed E-state index contributed by atoms with van der Waals surface area (Å²) in [7, 11) is -3.82. The van der Waals surface area contributed by atoms with E-state index >= 15 is 0 Å². The number of aliphatic hydroxyl groups excluding tert-OH is 1. The highest BCUT2D eigenvalue weighted by molar-refractivity contribution is 9.10. The van der Waals surface area contributed by atoms with Crippen molar-refractivity contribution in [2.75, 3.05) is 13.1 Å². The zero-order chi connectivity index (χ0) is 15.1. The first-order chi connectivity index (χ1) is 9.23. The molecule has 2 N–H and O–H groups in total. The van der Waals surface area contributed by atoms with Crippen molar-refractivity contribution in [2.45, 2.75) is 24.3 Å². The van der Waals surface area contributed by atoms with Crippen LogP contribution in [0.3, 0.4) is 0 Å². The quantitative estimate of drug-likeness (QED) is 0.841. The van der Waals surface area contributed by atoms with Crippen molar-refractivity contribution in [2.24, 2.45) is 0 Å². The second-order valence-electron chi connectivity index (χ2n) is 4.72. The number of carbonyl (C=O) groups is 1. The minimum absolute atomic E-state index is 0.0329. The van der Waals surface area contributed by atoms with Gasteiger partial charge in [0.1, 0.15) is 0 Å². The number of carboxylic acids is 1. The average Bonchev–Trinajstić information content (AvgIpc) is 2.79. The number of sulfonamides is 1. The highest BCUT2D eigenvalue weighted by Gasteiger charge is 2.33. The summed E-state index contributed by atoms with van der Waals surface area (Å²) < 4.78 is 26.6. The fourth-order valence-electron chi connectivity index (χ4n) is 2.12. The molecule has 0 unspecified atom stereocenters. The van der Waals surface area contributed by atoms with Crippen molar-refractivity contribution < 1.29 is 23.4 Å². The maximum atomic E-state index is 12.5. The van der Waals surface area contributed by atoms with Gasteiger partial charge in [-0.3, -0.25) is 0 Å². The van der Waals surface area contributed by atoms with Crippen molar-refractivity contribution in [1.82, 2.24) is 4.31 Å². The van der Waals surface area contributed by atoms with Gasteiger partial charge in [-0.25, -0.2) is 13.2 Å². The zero-order valence-electron chi connectivity index (χ0n) is 10.7. The first-order valence-corrected chi connectivity index (χ1v) is 8.18. The van der Waals surface area contributed by atoms with E-state index in [0.29, 0.717) is 16.5 Å². The van der Waals surface area contributed by atoms with E-state index in [2.05, 4.69) is 15.9 Å². The van der Waals surface area contributed by atoms with Crippen LogP contribution in [-0.2, 0) is 10.0 Å². The number of benzene rings is 1. The monoisotopic (exact) mass is 363 g/mol. The van der Waals surface area contributed by atoms with E-state index in [0.717, 1.165) is 6.07 Å². The molecular formula is C12H14BrNO5S. The number of aromatic carboxylic acids is 1. The summed E-state index contributed by atoms with van der Waals surface area (Å²) in [4.78, 5) is 11.0. The summed E-state index contributed by atoms with van der Waals surface area (Å²) in [5.41, 5.74) is 0.451. The van der Waals surface area contributed by atoms with Gasteiger partial charge in [0.2, 0.25) is 10.0 Å². The number of β-amino-alcohol motifs (C(OH)–C–C–N with tert-alkyl or cyclic N) is 1. The van der Waals surface area contributed by atoms with Crippen LogP contribution in [0.2, 0.25) is 0 Å². The largest absolute Gasteiger partial charge is 0.478 e. The molecule has 8 heteroatoms. The van der Waals surface area contributed by atoms with Gasteiger partial charge in [-0.2, -0.15) is 4.31 Å². The van der Waals surface area contributed by atoms with E-state index < -0.39 is 22.1 Å². The average molecular weight is 364 g/mol. The lowest BCUT2D eigenvalue weighted by atomic mass is 10.1. The third kappa shape index (κ3) is 2.73. The van der Waals surface area contributed by atoms with Gasteiger partial charge in [-0.05, 0) is 47.0 Å². The molecule has 1 aromatic rings. The van der Waals surface area contributed by atoms with Crippen LogP contribution < -0.4 is 0 Å². The summed E-state index contributed by atoms with van der Waals surface area (Å²) in [6, 6.07) is 2.55. The molecule has 0 aliphatic carbocycles. The first-order valence-electron chi connectivity index (χ1n) is 5.95. The van der Waals surface area contributed by atoms with Gasteiger partial charge < -0.3 is 10.2 Å². The Morgan fingerprint density at radius 2 is 2.10 bits per heavy atom. The van der Waals surface area contributed by atoms with E-state index in [1.54, 1.807) is 6.92 Å². The van der Waals surface area contributed by atoms with Crippen LogP contribution in [0.5, 0.6) is 0 Å². The number of carboxylic acid groups (broad SMARTS) is 1. The van der Waals surface area contributed by atoms with Crippen LogP contribution in [-0.4, -0.2) is 48.1 Å². The predicted molar refractivity (Wildman–Crippen MR) is 75.2 cm³/mol. The fourth-order valence-corrected chi connectivity index (χ4v) is 4.61. The molecule has 1 fully saturated rings. The van der Waals surface area contributed by atoms with Gasteiger partial charge in [0, 0.05) is 17.6 Å². The van der Waals surface area contributed by atoms with E-state index in [4.69, 9.17) is 5.11 Å². The highest BCUT2D eigenvalue weighted by atomic mass is 79.9. The molecule has 20 heavy (non-hydrogen) atoms. The molecule has 1 aromatic carbocycles. The molecule has 1 aliphatic rings. The Balaban J connectivity index is 2.54. The van der Waals surface area contributed by atoms with E-state index in [9.17, 15) is 18.3 Å². The van der Waals surface area contributed by atoms with Gasteiger partial charge in [0.25, 0.3) is 0 Å². The van der Waals surface area contributed by atoms with Gasteiger partial charge in [-0.1, -0.05) is 0 Å². The van der Waals surface area contributed by atoms with Crippen LogP contribution in [0.15, 0.2) is 21.5 Å². The number of halogens is 1. The first kappa shape index (κ1) is 15.4. The maximum absolute atomic E-state index is 12.5. The molecule has 1 saturated heterocycles. The molecule has 1 heterocycles. The molecule has 1 aliphatic heterocycles. The van der Waals surface area contributed by atoms with Crippen LogP contribution in [0.4, 0.5) is 0 Å². The number of hydrogen-bond acceptors (Lipinski definition) is 4. The molecule has 1 atom stereocenters. The summed E-state index contributed by atoms with van der Waals surface area (Å²) in [5.74, 6) is -1.18. The Morgan fingerprint density at radius 3 is 2.60 bits per heavy atom. The molecule has 110 valence electrons. The summed E-state index contributed by atoms with van der Waals surface area (Å²) in [6.45, 7) is 1.89. The third-order valence-corrected chi connectivity index (χ3v) is 6.42. The molecule has 0 saturated carbocycles. The summed E-state index contributed by atoms with van der Waals surface area (Å²) in [5, 5.41) is 18.5. The molecular weight excluding hydrogens is 350 g/mol. The van der Waals surface area contributed by atoms with Gasteiger partial charge in [0.05, 0.1) is 16.6 Å². The van der Waals surface area contributed by atoms with E-state index in [1.165, 1.54) is 10.4 Å². The van der Waals surface area contributed by atoms with Crippen molar-refractivity contribution >= 4 is 31.9 Å². The standard InChI is InChI=1S/C12H14BrNO5S/c1-7-4-8(12(16)17)5-10(11(7)13)20(18,19)14-3-2-9(15)6-14/h4-5,9,15H,2-3,6H2,1H3,(H,16,17)/t9-/m0/s1. The second-order valence-corrected chi connectivity index (χ2v) is 7.42. The predicted octanol–water partition coefficient (Wildman–Crippen LogP) is 1.21. The minimum atomic E-state index is -3.82. The zero-order valence-corrected chi connectivity index (χ0v) is 13.1. The van der Waals surface area contributed by atoms with Gasteiger partial charge >= 0.3 is 5.97 Å². The summed E-state index contributed by atoms with van der Waals surface area (Å²) in [6.07, 6.45) is -0.290. The van der Waals surface area contributed by atoms with Crippen molar-refractivity contribution in [3.63, 3.8) is 0 Å². The normalized spacial score (nSPS) is 20.2. The Morgan fingerprint density at radius 1 is 1.45 bits per heavy atom. The number of aliphatic hydroxyl groups is 1. The Hall–Kier alpha value is -0.960. The topological polar surface area (TPSA) is 94.9 Å². The number of nitrogens with zero attached hydrogens (tertiary/aromatic N) is 1. The summed E-state index contributed by atoms with van der Waals surface area (Å²) >= 11 is 3.20. The molecule has 0 amide bonds. The van der Waals surface area contributed by atoms with Gasteiger partial charge in [0.15, 0.2) is 0 Å². The molecule has 0 spiro atoms. The molecule has 2 rings (SSSR count). The van der Waals surface area contributed by atoms with Crippen LogP contribution >= 0.6 is 15.9 Å². The number of hydrogen-bond donors (Lipinski definition) is 2. The Kier molecular flexibility index (Phi) is 4.19. The third-order valence-electron chi connectivity index (χ3n) is 3.21. The molecule has 0 radical (unpaired) electrons. The van der Waals surface area contributed by atoms with Crippen molar-refractivity contribution in [3.8, 4) is 0 Å². The highest BCUT2D eigenvalue weighted by Crippen LogP contribution is 2.31. The number of rotatable bonds is 3. The smallest absolute Gasteiger partial charge is 0.335 e. The lowest BCUT2D eigenvalue weighted by Gasteiger charge is -2.18. The van der Waals surface area contributed by atoms with Crippen LogP contribution in [0.25, 0.3) is 0 Å².